The van der Waals surface area contributed by atoms with Gasteiger partial charge < -0.3 is 5.32 Å². The Morgan fingerprint density at radius 3 is 2.67 bits per heavy atom. The molecule has 1 aromatic heterocycles. The van der Waals surface area contributed by atoms with E-state index in [2.05, 4.69) is 44.1 Å². The average Bonchev–Trinajstić information content (AvgIpc) is 2.26. The molecular formula is C13H22N2. The van der Waals surface area contributed by atoms with Crippen LogP contribution >= 0.6 is 0 Å². The fraction of sp³-hybridized carbons (Fsp3) is 0.615. The highest BCUT2D eigenvalue weighted by molar-refractivity contribution is 5.21. The lowest BCUT2D eigenvalue weighted by atomic mass is 9.93. The quantitative estimate of drug-likeness (QED) is 0.800. The van der Waals surface area contributed by atoms with Crippen molar-refractivity contribution in [1.82, 2.24) is 10.3 Å². The van der Waals surface area contributed by atoms with Gasteiger partial charge in [0.2, 0.25) is 0 Å². The third-order valence-corrected chi connectivity index (χ3v) is 2.98. The first kappa shape index (κ1) is 12.2. The Morgan fingerprint density at radius 2 is 2.13 bits per heavy atom. The molecule has 2 atom stereocenters. The maximum Gasteiger partial charge on any atom is 0.0604 e. The third kappa shape index (κ3) is 3.03. The van der Waals surface area contributed by atoms with Crippen molar-refractivity contribution >= 4 is 0 Å². The normalized spacial score (nSPS) is 14.9. The van der Waals surface area contributed by atoms with Gasteiger partial charge in [-0.1, -0.05) is 33.3 Å². The second-order valence-electron chi connectivity index (χ2n) is 4.13. The van der Waals surface area contributed by atoms with E-state index in [0.29, 0.717) is 12.0 Å². The van der Waals surface area contributed by atoms with E-state index in [1.54, 1.807) is 0 Å². The molecule has 0 amide bonds. The van der Waals surface area contributed by atoms with Crippen LogP contribution in [-0.2, 0) is 0 Å². The van der Waals surface area contributed by atoms with Crippen LogP contribution in [0.15, 0.2) is 18.3 Å². The maximum atomic E-state index is 4.50. The van der Waals surface area contributed by atoms with Gasteiger partial charge in [0.25, 0.3) is 0 Å². The van der Waals surface area contributed by atoms with Gasteiger partial charge in [0.05, 0.1) is 11.7 Å². The fourth-order valence-electron chi connectivity index (χ4n) is 1.85. The van der Waals surface area contributed by atoms with E-state index in [1.807, 2.05) is 12.3 Å². The standard InChI is InChI=1S/C13H22N2/c1-5-10(3)12(14-6-2)13-11(4)8-7-9-15-13/h7-10,12,14H,5-6H2,1-4H3. The molecule has 0 saturated carbocycles. The minimum absolute atomic E-state index is 0.390. The van der Waals surface area contributed by atoms with Gasteiger partial charge in [-0.15, -0.1) is 0 Å². The third-order valence-electron chi connectivity index (χ3n) is 2.98. The average molecular weight is 206 g/mol. The molecule has 0 radical (unpaired) electrons. The summed E-state index contributed by atoms with van der Waals surface area (Å²) in [7, 11) is 0. The molecule has 2 heteroatoms. The van der Waals surface area contributed by atoms with E-state index in [9.17, 15) is 0 Å². The second-order valence-corrected chi connectivity index (χ2v) is 4.13. The highest BCUT2D eigenvalue weighted by Crippen LogP contribution is 2.24. The van der Waals surface area contributed by atoms with Crippen LogP contribution < -0.4 is 5.32 Å². The summed E-state index contributed by atoms with van der Waals surface area (Å²) in [4.78, 5) is 4.50. The number of aryl methyl sites for hydroxylation is 1. The monoisotopic (exact) mass is 206 g/mol. The molecule has 15 heavy (non-hydrogen) atoms. The lowest BCUT2D eigenvalue weighted by molar-refractivity contribution is 0.375. The molecule has 1 aromatic rings. The first-order valence-corrected chi connectivity index (χ1v) is 5.85. The van der Waals surface area contributed by atoms with Gasteiger partial charge in [-0.2, -0.15) is 0 Å². The number of aromatic nitrogens is 1. The highest BCUT2D eigenvalue weighted by Gasteiger charge is 2.19. The second kappa shape index (κ2) is 5.86. The summed E-state index contributed by atoms with van der Waals surface area (Å²) >= 11 is 0. The van der Waals surface area contributed by atoms with Crippen molar-refractivity contribution < 1.29 is 0 Å². The lowest BCUT2D eigenvalue weighted by Gasteiger charge is -2.24. The van der Waals surface area contributed by atoms with E-state index in [-0.39, 0.29) is 0 Å². The summed E-state index contributed by atoms with van der Waals surface area (Å²) in [6.45, 7) is 9.78. The first-order chi connectivity index (χ1) is 7.20. The number of pyridine rings is 1. The highest BCUT2D eigenvalue weighted by atomic mass is 14.9. The summed E-state index contributed by atoms with van der Waals surface area (Å²) in [6.07, 6.45) is 3.06. The SMILES string of the molecule is CCNC(c1ncccc1C)C(C)CC. The van der Waals surface area contributed by atoms with Gasteiger partial charge >= 0.3 is 0 Å². The molecule has 0 aliphatic carbocycles. The Labute approximate surface area is 93.1 Å². The first-order valence-electron chi connectivity index (χ1n) is 5.85. The van der Waals surface area contributed by atoms with Crippen LogP contribution in [0.5, 0.6) is 0 Å². The molecule has 2 unspecified atom stereocenters. The molecule has 2 nitrogen and oxygen atoms in total. The van der Waals surface area contributed by atoms with Gasteiger partial charge in [-0.25, -0.2) is 0 Å². The van der Waals surface area contributed by atoms with Gasteiger partial charge in [0, 0.05) is 6.20 Å². The molecule has 1 N–H and O–H groups in total. The van der Waals surface area contributed by atoms with Crippen molar-refractivity contribution in [3.05, 3.63) is 29.6 Å². The molecule has 0 aromatic carbocycles. The Bertz CT molecular complexity index is 296. The Hall–Kier alpha value is -0.890. The van der Waals surface area contributed by atoms with E-state index < -0.39 is 0 Å². The molecule has 0 fully saturated rings. The molecule has 84 valence electrons. The molecule has 0 bridgehead atoms. The number of rotatable bonds is 5. The number of nitrogens with one attached hydrogen (secondary N) is 1. The molecule has 1 heterocycles. The Balaban J connectivity index is 2.93. The number of nitrogens with zero attached hydrogens (tertiary/aromatic N) is 1. The summed E-state index contributed by atoms with van der Waals surface area (Å²) in [5, 5.41) is 3.53. The summed E-state index contributed by atoms with van der Waals surface area (Å²) in [5.74, 6) is 0.624. The molecule has 0 spiro atoms. The van der Waals surface area contributed by atoms with Crippen LogP contribution in [0.1, 0.15) is 44.5 Å². The van der Waals surface area contributed by atoms with Crippen LogP contribution in [0.2, 0.25) is 0 Å². The lowest BCUT2D eigenvalue weighted by Crippen LogP contribution is -2.28. The van der Waals surface area contributed by atoms with Crippen molar-refractivity contribution in [2.24, 2.45) is 5.92 Å². The largest absolute Gasteiger partial charge is 0.309 e. The minimum Gasteiger partial charge on any atom is -0.309 e. The van der Waals surface area contributed by atoms with E-state index in [0.717, 1.165) is 6.54 Å². The number of hydrogen-bond acceptors (Lipinski definition) is 2. The summed E-state index contributed by atoms with van der Waals surface area (Å²) in [6, 6.07) is 4.52. The van der Waals surface area contributed by atoms with Gasteiger partial charge in [-0.05, 0) is 31.0 Å². The molecule has 0 saturated heterocycles. The smallest absolute Gasteiger partial charge is 0.0604 e. The van der Waals surface area contributed by atoms with Crippen molar-refractivity contribution in [2.45, 2.75) is 40.2 Å². The van der Waals surface area contributed by atoms with Gasteiger partial charge in [0.1, 0.15) is 0 Å². The predicted molar refractivity (Wildman–Crippen MR) is 64.8 cm³/mol. The predicted octanol–water partition coefficient (Wildman–Crippen LogP) is 3.09. The minimum atomic E-state index is 0.390. The van der Waals surface area contributed by atoms with Crippen LogP contribution in [0.4, 0.5) is 0 Å². The van der Waals surface area contributed by atoms with E-state index >= 15 is 0 Å². The fourth-order valence-corrected chi connectivity index (χ4v) is 1.85. The molecule has 0 aliphatic rings. The molecule has 1 rings (SSSR count). The Kier molecular flexibility index (Phi) is 4.76. The van der Waals surface area contributed by atoms with E-state index in [1.165, 1.54) is 17.7 Å². The van der Waals surface area contributed by atoms with Gasteiger partial charge in [0.15, 0.2) is 0 Å². The zero-order valence-corrected chi connectivity index (χ0v) is 10.2. The van der Waals surface area contributed by atoms with Crippen molar-refractivity contribution in [3.8, 4) is 0 Å². The van der Waals surface area contributed by atoms with Crippen LogP contribution in [-0.4, -0.2) is 11.5 Å². The summed E-state index contributed by atoms with van der Waals surface area (Å²) in [5.41, 5.74) is 2.48. The number of hydrogen-bond donors (Lipinski definition) is 1. The topological polar surface area (TPSA) is 24.9 Å². The maximum absolute atomic E-state index is 4.50. The summed E-state index contributed by atoms with van der Waals surface area (Å²) < 4.78 is 0. The van der Waals surface area contributed by atoms with Crippen LogP contribution in [0, 0.1) is 12.8 Å². The zero-order valence-electron chi connectivity index (χ0n) is 10.2. The van der Waals surface area contributed by atoms with Gasteiger partial charge in [-0.3, -0.25) is 4.98 Å². The molecular weight excluding hydrogens is 184 g/mol. The van der Waals surface area contributed by atoms with Crippen LogP contribution in [0.25, 0.3) is 0 Å². The Morgan fingerprint density at radius 1 is 1.40 bits per heavy atom. The van der Waals surface area contributed by atoms with Crippen molar-refractivity contribution in [1.29, 1.82) is 0 Å². The van der Waals surface area contributed by atoms with E-state index in [4.69, 9.17) is 0 Å². The zero-order chi connectivity index (χ0) is 11.3. The van der Waals surface area contributed by atoms with Crippen LogP contribution in [0.3, 0.4) is 0 Å². The molecule has 0 aliphatic heterocycles. The van der Waals surface area contributed by atoms with Crippen molar-refractivity contribution in [3.63, 3.8) is 0 Å². The van der Waals surface area contributed by atoms with Crippen molar-refractivity contribution in [2.75, 3.05) is 6.54 Å².